The third-order valence-electron chi connectivity index (χ3n) is 5.43. The number of fused-ring (bicyclic) bond motifs is 1. The Hall–Kier alpha value is -4.08. The van der Waals surface area contributed by atoms with Crippen LogP contribution in [-0.2, 0) is 25.4 Å². The molecule has 4 rings (SSSR count). The van der Waals surface area contributed by atoms with E-state index in [2.05, 4.69) is 25.7 Å². The Morgan fingerprint density at radius 1 is 1.03 bits per heavy atom. The molecule has 2 aromatic carbocycles. The molecule has 0 spiro atoms. The number of rotatable bonds is 6. The first kappa shape index (κ1) is 22.1. The molecular weight excluding hydrogens is 420 g/mol. The third-order valence-corrected chi connectivity index (χ3v) is 5.43. The van der Waals surface area contributed by atoms with Gasteiger partial charge in [-0.15, -0.1) is 5.10 Å². The van der Waals surface area contributed by atoms with E-state index in [4.69, 9.17) is 4.74 Å². The van der Waals surface area contributed by atoms with Crippen LogP contribution in [0.15, 0.2) is 57.5 Å². The second-order valence-electron chi connectivity index (χ2n) is 7.68. The van der Waals surface area contributed by atoms with Gasteiger partial charge in [-0.05, 0) is 42.0 Å². The molecule has 0 amide bonds. The lowest BCUT2D eigenvalue weighted by atomic mass is 10.1. The highest BCUT2D eigenvalue weighted by Crippen LogP contribution is 2.20. The number of hydrogen-bond acceptors (Lipinski definition) is 7. The quantitative estimate of drug-likeness (QED) is 0.257. The highest BCUT2D eigenvalue weighted by Gasteiger charge is 2.14. The molecular formula is C23H26N8O2. The summed E-state index contributed by atoms with van der Waals surface area (Å²) in [6.45, 7) is 6.01. The van der Waals surface area contributed by atoms with Crippen molar-refractivity contribution < 1.29 is 4.74 Å². The zero-order chi connectivity index (χ0) is 23.5. The van der Waals surface area contributed by atoms with E-state index in [1.54, 1.807) is 7.05 Å². The maximum absolute atomic E-state index is 12.3. The smallest absolute Gasteiger partial charge is 0.368 e. The van der Waals surface area contributed by atoms with E-state index in [1.165, 1.54) is 9.36 Å². The number of benzene rings is 2. The first-order valence-corrected chi connectivity index (χ1v) is 10.6. The van der Waals surface area contributed by atoms with E-state index in [0.29, 0.717) is 23.7 Å². The molecule has 2 aromatic heterocycles. The van der Waals surface area contributed by atoms with Crippen LogP contribution in [0, 0.1) is 6.92 Å². The minimum Gasteiger partial charge on any atom is -0.475 e. The van der Waals surface area contributed by atoms with Crippen LogP contribution >= 0.6 is 0 Å². The summed E-state index contributed by atoms with van der Waals surface area (Å²) in [4.78, 5) is 12.3. The predicted molar refractivity (Wildman–Crippen MR) is 127 cm³/mol. The summed E-state index contributed by atoms with van der Waals surface area (Å²) < 4.78 is 10.3. The topological polar surface area (TPSA) is 104 Å². The lowest BCUT2D eigenvalue weighted by molar-refractivity contribution is 0.282. The molecule has 10 nitrogen and oxygen atoms in total. The molecule has 33 heavy (non-hydrogen) atoms. The van der Waals surface area contributed by atoms with Crippen molar-refractivity contribution in [3.05, 3.63) is 69.8 Å². The van der Waals surface area contributed by atoms with Crippen molar-refractivity contribution in [1.29, 1.82) is 0 Å². The van der Waals surface area contributed by atoms with Gasteiger partial charge in [-0.1, -0.05) is 37.3 Å². The predicted octanol–water partition coefficient (Wildman–Crippen LogP) is 2.91. The van der Waals surface area contributed by atoms with Gasteiger partial charge in [0.1, 0.15) is 12.3 Å². The lowest BCUT2D eigenvalue weighted by Crippen LogP contribution is -2.23. The fourth-order valence-electron chi connectivity index (χ4n) is 3.55. The zero-order valence-corrected chi connectivity index (χ0v) is 19.3. The summed E-state index contributed by atoms with van der Waals surface area (Å²) in [5, 5.41) is 22.1. The molecule has 0 aliphatic rings. The summed E-state index contributed by atoms with van der Waals surface area (Å²) in [5.74, 6) is 0.482. The van der Waals surface area contributed by atoms with Gasteiger partial charge in [0, 0.05) is 31.5 Å². The monoisotopic (exact) mass is 446 g/mol. The normalized spacial score (nSPS) is 12.5. The molecule has 0 saturated heterocycles. The molecule has 2 heterocycles. The Kier molecular flexibility index (Phi) is 6.16. The average molecular weight is 447 g/mol. The Balaban J connectivity index is 1.59. The van der Waals surface area contributed by atoms with Crippen LogP contribution in [0.1, 0.15) is 37.1 Å². The van der Waals surface area contributed by atoms with Gasteiger partial charge >= 0.3 is 5.69 Å². The van der Waals surface area contributed by atoms with Crippen molar-refractivity contribution in [2.24, 2.45) is 24.3 Å². The summed E-state index contributed by atoms with van der Waals surface area (Å²) in [6.07, 6.45) is 0.562. The van der Waals surface area contributed by atoms with Crippen molar-refractivity contribution in [3.8, 4) is 5.69 Å². The number of nitrogens with zero attached hydrogens (tertiary/aromatic N) is 8. The first-order valence-electron chi connectivity index (χ1n) is 10.6. The standard InChI is InChI=1S/C23H26N8O2/c1-6-21(25-24-16(3)22-17-11-7-8-12-19(17)29(4)26-22)33-14-18-15(2)10-9-13-20(18)31-23(32)30(5)27-28-31/h7-13H,6,14H2,1-5H3/b24-16+,25-21+. The highest BCUT2D eigenvalue weighted by molar-refractivity contribution is 6.07. The van der Waals surface area contributed by atoms with Crippen LogP contribution in [0.5, 0.6) is 0 Å². The van der Waals surface area contributed by atoms with Crippen LogP contribution in [0.4, 0.5) is 0 Å². The number of para-hydroxylation sites is 1. The minimum absolute atomic E-state index is 0.221. The Morgan fingerprint density at radius 3 is 2.55 bits per heavy atom. The second-order valence-corrected chi connectivity index (χ2v) is 7.68. The van der Waals surface area contributed by atoms with Crippen LogP contribution in [0.3, 0.4) is 0 Å². The largest absolute Gasteiger partial charge is 0.475 e. The van der Waals surface area contributed by atoms with Crippen molar-refractivity contribution in [2.75, 3.05) is 0 Å². The zero-order valence-electron chi connectivity index (χ0n) is 19.3. The van der Waals surface area contributed by atoms with Crippen molar-refractivity contribution >= 4 is 22.5 Å². The number of ether oxygens (including phenoxy) is 1. The molecule has 0 saturated carbocycles. The first-order chi connectivity index (χ1) is 15.9. The maximum Gasteiger partial charge on any atom is 0.368 e. The van der Waals surface area contributed by atoms with Gasteiger partial charge < -0.3 is 4.74 Å². The van der Waals surface area contributed by atoms with E-state index >= 15 is 0 Å². The van der Waals surface area contributed by atoms with Crippen molar-refractivity contribution in [3.63, 3.8) is 0 Å². The van der Waals surface area contributed by atoms with Gasteiger partial charge in [-0.2, -0.15) is 19.6 Å². The molecule has 0 unspecified atom stereocenters. The lowest BCUT2D eigenvalue weighted by Gasteiger charge is -2.13. The van der Waals surface area contributed by atoms with Gasteiger partial charge in [0.2, 0.25) is 5.90 Å². The van der Waals surface area contributed by atoms with Gasteiger partial charge in [0.25, 0.3) is 0 Å². The molecule has 0 aliphatic carbocycles. The van der Waals surface area contributed by atoms with Crippen LogP contribution in [0.2, 0.25) is 0 Å². The molecule has 0 aliphatic heterocycles. The molecule has 0 atom stereocenters. The summed E-state index contributed by atoms with van der Waals surface area (Å²) >= 11 is 0. The van der Waals surface area contributed by atoms with Gasteiger partial charge in [0.05, 0.1) is 16.9 Å². The molecule has 0 fully saturated rings. The summed E-state index contributed by atoms with van der Waals surface area (Å²) in [5.41, 5.74) is 4.62. The van der Waals surface area contributed by atoms with Crippen LogP contribution in [-0.4, -0.2) is 41.2 Å². The van der Waals surface area contributed by atoms with E-state index in [1.807, 2.05) is 75.0 Å². The Labute approximate surface area is 190 Å². The second kappa shape index (κ2) is 9.19. The van der Waals surface area contributed by atoms with E-state index in [-0.39, 0.29) is 12.3 Å². The van der Waals surface area contributed by atoms with Gasteiger partial charge in [0.15, 0.2) is 0 Å². The molecule has 4 aromatic rings. The maximum atomic E-state index is 12.3. The van der Waals surface area contributed by atoms with Crippen LogP contribution in [0.25, 0.3) is 16.6 Å². The fourth-order valence-corrected chi connectivity index (χ4v) is 3.55. The summed E-state index contributed by atoms with van der Waals surface area (Å²) in [6, 6.07) is 13.6. The highest BCUT2D eigenvalue weighted by atomic mass is 16.5. The number of aromatic nitrogens is 6. The molecule has 10 heteroatoms. The van der Waals surface area contributed by atoms with Gasteiger partial charge in [-0.25, -0.2) is 4.79 Å². The SMILES string of the molecule is CC/C(=N\N=C(/C)c1nn(C)c2ccccc12)OCc1c(C)cccc1-n1nnn(C)c1=O. The van der Waals surface area contributed by atoms with Gasteiger partial charge in [-0.3, -0.25) is 4.68 Å². The molecule has 0 N–H and O–H groups in total. The van der Waals surface area contributed by atoms with E-state index in [9.17, 15) is 4.79 Å². The average Bonchev–Trinajstić information content (AvgIpc) is 3.33. The number of aryl methyl sites for hydroxylation is 3. The number of tetrazole rings is 1. The Bertz CT molecular complexity index is 1420. The van der Waals surface area contributed by atoms with Crippen molar-refractivity contribution in [1.82, 2.24) is 29.6 Å². The molecule has 0 radical (unpaired) electrons. The molecule has 170 valence electrons. The molecule has 0 bridgehead atoms. The number of hydrogen-bond donors (Lipinski definition) is 0. The fraction of sp³-hybridized carbons (Fsp3) is 0.304. The van der Waals surface area contributed by atoms with Crippen LogP contribution < -0.4 is 5.69 Å². The van der Waals surface area contributed by atoms with Crippen molar-refractivity contribution in [2.45, 2.75) is 33.8 Å². The minimum atomic E-state index is -0.325. The van der Waals surface area contributed by atoms with E-state index < -0.39 is 0 Å². The third kappa shape index (κ3) is 4.32. The van der Waals surface area contributed by atoms with E-state index in [0.717, 1.165) is 27.7 Å². The Morgan fingerprint density at radius 2 is 1.82 bits per heavy atom. The summed E-state index contributed by atoms with van der Waals surface area (Å²) in [7, 11) is 3.47.